The number of para-hydroxylation sites is 1. The third-order valence-electron chi connectivity index (χ3n) is 5.32. The SMILES string of the molecule is Cc1cccc(C)c1N(Cc1ccc(C(=O)NC2CCCC2)cc1)S(C)(=O)=O. The van der Waals surface area contributed by atoms with Gasteiger partial charge in [0.2, 0.25) is 10.0 Å². The van der Waals surface area contributed by atoms with Gasteiger partial charge in [0.1, 0.15) is 0 Å². The van der Waals surface area contributed by atoms with E-state index in [0.717, 1.165) is 29.5 Å². The largest absolute Gasteiger partial charge is 0.349 e. The van der Waals surface area contributed by atoms with Crippen molar-refractivity contribution in [3.05, 3.63) is 64.7 Å². The second-order valence-electron chi connectivity index (χ2n) is 7.66. The van der Waals surface area contributed by atoms with E-state index in [9.17, 15) is 13.2 Å². The van der Waals surface area contributed by atoms with Gasteiger partial charge in [-0.15, -0.1) is 0 Å². The van der Waals surface area contributed by atoms with Crippen molar-refractivity contribution in [2.75, 3.05) is 10.6 Å². The van der Waals surface area contributed by atoms with E-state index < -0.39 is 10.0 Å². The number of anilines is 1. The van der Waals surface area contributed by atoms with Crippen molar-refractivity contribution in [1.29, 1.82) is 0 Å². The number of benzene rings is 2. The van der Waals surface area contributed by atoms with Gasteiger partial charge < -0.3 is 5.32 Å². The number of carbonyl (C=O) groups is 1. The number of sulfonamides is 1. The molecular weight excluding hydrogens is 372 g/mol. The van der Waals surface area contributed by atoms with E-state index in [0.29, 0.717) is 11.3 Å². The molecule has 1 amide bonds. The van der Waals surface area contributed by atoms with E-state index in [1.807, 2.05) is 44.2 Å². The van der Waals surface area contributed by atoms with E-state index in [1.54, 1.807) is 12.1 Å². The summed E-state index contributed by atoms with van der Waals surface area (Å²) in [6.07, 6.45) is 5.65. The second kappa shape index (κ2) is 8.35. The van der Waals surface area contributed by atoms with Crippen LogP contribution >= 0.6 is 0 Å². The molecule has 0 heterocycles. The van der Waals surface area contributed by atoms with Crippen LogP contribution in [0.5, 0.6) is 0 Å². The third-order valence-corrected chi connectivity index (χ3v) is 6.43. The van der Waals surface area contributed by atoms with Gasteiger partial charge in [0.05, 0.1) is 18.5 Å². The van der Waals surface area contributed by atoms with E-state index in [-0.39, 0.29) is 18.5 Å². The minimum atomic E-state index is -3.45. The van der Waals surface area contributed by atoms with Gasteiger partial charge in [0.25, 0.3) is 5.91 Å². The molecule has 28 heavy (non-hydrogen) atoms. The molecule has 6 heteroatoms. The molecule has 150 valence electrons. The third kappa shape index (κ3) is 4.73. The fourth-order valence-corrected chi connectivity index (χ4v) is 4.83. The zero-order valence-electron chi connectivity index (χ0n) is 16.7. The van der Waals surface area contributed by atoms with Gasteiger partial charge in [-0.25, -0.2) is 8.42 Å². The van der Waals surface area contributed by atoms with Crippen molar-refractivity contribution in [2.45, 2.75) is 52.1 Å². The van der Waals surface area contributed by atoms with Gasteiger partial charge in [-0.2, -0.15) is 0 Å². The lowest BCUT2D eigenvalue weighted by Crippen LogP contribution is -2.32. The van der Waals surface area contributed by atoms with Crippen LogP contribution in [0.1, 0.15) is 52.7 Å². The minimum Gasteiger partial charge on any atom is -0.349 e. The van der Waals surface area contributed by atoms with Gasteiger partial charge in [-0.1, -0.05) is 43.2 Å². The lowest BCUT2D eigenvalue weighted by atomic mass is 10.1. The van der Waals surface area contributed by atoms with Gasteiger partial charge in [-0.3, -0.25) is 9.10 Å². The maximum absolute atomic E-state index is 12.5. The number of amides is 1. The van der Waals surface area contributed by atoms with Crippen LogP contribution in [0.4, 0.5) is 5.69 Å². The molecule has 5 nitrogen and oxygen atoms in total. The summed E-state index contributed by atoms with van der Waals surface area (Å²) in [5, 5.41) is 3.08. The molecule has 1 N–H and O–H groups in total. The van der Waals surface area contributed by atoms with Crippen molar-refractivity contribution in [1.82, 2.24) is 5.32 Å². The first kappa shape index (κ1) is 20.4. The highest BCUT2D eigenvalue weighted by molar-refractivity contribution is 7.92. The molecule has 0 spiro atoms. The topological polar surface area (TPSA) is 66.5 Å². The first-order valence-electron chi connectivity index (χ1n) is 9.69. The van der Waals surface area contributed by atoms with Crippen LogP contribution in [0.15, 0.2) is 42.5 Å². The molecule has 1 saturated carbocycles. The Morgan fingerprint density at radius 1 is 1.04 bits per heavy atom. The number of hydrogen-bond acceptors (Lipinski definition) is 3. The summed E-state index contributed by atoms with van der Waals surface area (Å²) < 4.78 is 26.4. The Morgan fingerprint density at radius 2 is 1.61 bits per heavy atom. The molecule has 0 saturated heterocycles. The monoisotopic (exact) mass is 400 g/mol. The number of nitrogens with one attached hydrogen (secondary N) is 1. The average Bonchev–Trinajstić information content (AvgIpc) is 3.13. The summed E-state index contributed by atoms with van der Waals surface area (Å²) in [5.41, 5.74) is 3.99. The van der Waals surface area contributed by atoms with Crippen LogP contribution in [0.3, 0.4) is 0 Å². The van der Waals surface area contributed by atoms with Crippen LogP contribution in [0.2, 0.25) is 0 Å². The molecule has 2 aromatic carbocycles. The maximum atomic E-state index is 12.5. The fourth-order valence-electron chi connectivity index (χ4n) is 3.83. The van der Waals surface area contributed by atoms with Crippen LogP contribution in [0.25, 0.3) is 0 Å². The first-order chi connectivity index (χ1) is 13.3. The lowest BCUT2D eigenvalue weighted by molar-refractivity contribution is 0.0938. The summed E-state index contributed by atoms with van der Waals surface area (Å²) in [6.45, 7) is 4.06. The van der Waals surface area contributed by atoms with E-state index in [4.69, 9.17) is 0 Å². The van der Waals surface area contributed by atoms with Gasteiger partial charge in [0, 0.05) is 11.6 Å². The number of rotatable bonds is 6. The van der Waals surface area contributed by atoms with E-state index >= 15 is 0 Å². The average molecular weight is 401 g/mol. The summed E-state index contributed by atoms with van der Waals surface area (Å²) in [6, 6.07) is 13.2. The zero-order valence-corrected chi connectivity index (χ0v) is 17.6. The van der Waals surface area contributed by atoms with Crippen molar-refractivity contribution in [3.8, 4) is 0 Å². The quantitative estimate of drug-likeness (QED) is 0.799. The predicted octanol–water partition coefficient (Wildman–Crippen LogP) is 3.94. The first-order valence-corrected chi connectivity index (χ1v) is 11.5. The Labute approximate surface area is 167 Å². The van der Waals surface area contributed by atoms with Gasteiger partial charge >= 0.3 is 0 Å². The van der Waals surface area contributed by atoms with E-state index in [1.165, 1.54) is 23.4 Å². The molecule has 3 rings (SSSR count). The summed E-state index contributed by atoms with van der Waals surface area (Å²) in [7, 11) is -3.45. The Hall–Kier alpha value is -2.34. The standard InChI is InChI=1S/C22H28N2O3S/c1-16-7-6-8-17(2)21(16)24(28(3,26)27)15-18-11-13-19(14-12-18)22(25)23-20-9-4-5-10-20/h6-8,11-14,20H,4-5,9-10,15H2,1-3H3,(H,23,25). The number of carbonyl (C=O) groups excluding carboxylic acids is 1. The van der Waals surface area contributed by atoms with Crippen molar-refractivity contribution >= 4 is 21.6 Å². The van der Waals surface area contributed by atoms with Crippen LogP contribution in [-0.2, 0) is 16.6 Å². The Kier molecular flexibility index (Phi) is 6.08. The van der Waals surface area contributed by atoms with Crippen LogP contribution in [-0.4, -0.2) is 26.6 Å². The number of aryl methyl sites for hydroxylation is 2. The molecule has 0 atom stereocenters. The fraction of sp³-hybridized carbons (Fsp3) is 0.409. The highest BCUT2D eigenvalue weighted by Gasteiger charge is 2.22. The molecule has 1 aliphatic carbocycles. The molecule has 0 radical (unpaired) electrons. The Bertz CT molecular complexity index is 926. The molecule has 0 unspecified atom stereocenters. The van der Waals surface area contributed by atoms with Gasteiger partial charge in [0.15, 0.2) is 0 Å². The minimum absolute atomic E-state index is 0.0619. The predicted molar refractivity (Wildman–Crippen MR) is 113 cm³/mol. The summed E-state index contributed by atoms with van der Waals surface area (Å²) in [5.74, 6) is -0.0619. The molecular formula is C22H28N2O3S. The molecule has 2 aromatic rings. The second-order valence-corrected chi connectivity index (χ2v) is 9.57. The smallest absolute Gasteiger partial charge is 0.251 e. The molecule has 0 bridgehead atoms. The highest BCUT2D eigenvalue weighted by atomic mass is 32.2. The molecule has 1 aliphatic rings. The summed E-state index contributed by atoms with van der Waals surface area (Å²) in [4.78, 5) is 12.4. The normalized spacial score (nSPS) is 14.8. The Morgan fingerprint density at radius 3 is 2.14 bits per heavy atom. The molecule has 0 aliphatic heterocycles. The van der Waals surface area contributed by atoms with E-state index in [2.05, 4.69) is 5.32 Å². The number of nitrogens with zero attached hydrogens (tertiary/aromatic N) is 1. The van der Waals surface area contributed by atoms with Crippen molar-refractivity contribution in [2.24, 2.45) is 0 Å². The van der Waals surface area contributed by atoms with Crippen LogP contribution in [0, 0.1) is 13.8 Å². The van der Waals surface area contributed by atoms with Gasteiger partial charge in [-0.05, 0) is 55.5 Å². The molecule has 1 fully saturated rings. The van der Waals surface area contributed by atoms with Crippen molar-refractivity contribution < 1.29 is 13.2 Å². The Balaban J connectivity index is 1.79. The number of hydrogen-bond donors (Lipinski definition) is 1. The highest BCUT2D eigenvalue weighted by Crippen LogP contribution is 2.28. The maximum Gasteiger partial charge on any atom is 0.251 e. The van der Waals surface area contributed by atoms with Crippen molar-refractivity contribution in [3.63, 3.8) is 0 Å². The summed E-state index contributed by atoms with van der Waals surface area (Å²) >= 11 is 0. The molecule has 0 aromatic heterocycles. The lowest BCUT2D eigenvalue weighted by Gasteiger charge is -2.26. The van der Waals surface area contributed by atoms with Crippen LogP contribution < -0.4 is 9.62 Å². The zero-order chi connectivity index (χ0) is 20.3.